The SMILES string of the molecule is CCCCCCOP(=O)(O)OP(=O)([O-])[O-].[Zn+2]. The second kappa shape index (κ2) is 8.90. The fourth-order valence-corrected chi connectivity index (χ4v) is 2.42. The smallest absolute Gasteiger partial charge is 0.789 e. The Morgan fingerprint density at radius 1 is 1.19 bits per heavy atom. The van der Waals surface area contributed by atoms with Crippen molar-refractivity contribution in [3.63, 3.8) is 0 Å². The molecule has 0 aliphatic carbocycles. The Morgan fingerprint density at radius 3 is 2.19 bits per heavy atom. The van der Waals surface area contributed by atoms with Crippen LogP contribution in [0.5, 0.6) is 0 Å². The largest absolute Gasteiger partial charge is 2.00 e. The molecular formula is C6H14O7P2Zn. The molecule has 0 bridgehead atoms. The molecule has 1 unspecified atom stereocenters. The van der Waals surface area contributed by atoms with Gasteiger partial charge in [-0.3, -0.25) is 8.83 Å². The van der Waals surface area contributed by atoms with Gasteiger partial charge in [0.2, 0.25) is 0 Å². The van der Waals surface area contributed by atoms with Gasteiger partial charge in [-0.15, -0.1) is 0 Å². The van der Waals surface area contributed by atoms with Crippen molar-refractivity contribution >= 4 is 15.6 Å². The van der Waals surface area contributed by atoms with Gasteiger partial charge in [-0.2, -0.15) is 0 Å². The van der Waals surface area contributed by atoms with Gasteiger partial charge < -0.3 is 19.2 Å². The molecular weight excluding hydrogens is 311 g/mol. The third-order valence-corrected chi connectivity index (χ3v) is 3.59. The number of phosphoric acid groups is 2. The summed E-state index contributed by atoms with van der Waals surface area (Å²) in [6, 6.07) is 0. The minimum atomic E-state index is -5.49. The Hall–Kier alpha value is 0.883. The first kappa shape index (κ1) is 19.2. The van der Waals surface area contributed by atoms with Gasteiger partial charge >= 0.3 is 27.3 Å². The van der Waals surface area contributed by atoms with Gasteiger partial charge in [-0.1, -0.05) is 26.2 Å². The van der Waals surface area contributed by atoms with Crippen LogP contribution in [0.3, 0.4) is 0 Å². The molecule has 7 nitrogen and oxygen atoms in total. The molecule has 0 aromatic rings. The van der Waals surface area contributed by atoms with Crippen molar-refractivity contribution in [2.75, 3.05) is 6.61 Å². The second-order valence-corrected chi connectivity index (χ2v) is 5.63. The fourth-order valence-electron chi connectivity index (χ4n) is 0.859. The molecule has 0 aromatic carbocycles. The summed E-state index contributed by atoms with van der Waals surface area (Å²) in [6.07, 6.45) is 3.23. The van der Waals surface area contributed by atoms with Gasteiger partial charge in [0.15, 0.2) is 0 Å². The minimum absolute atomic E-state index is 0. The topological polar surface area (TPSA) is 119 Å². The van der Waals surface area contributed by atoms with E-state index in [1.807, 2.05) is 6.92 Å². The van der Waals surface area contributed by atoms with Crippen molar-refractivity contribution in [3.8, 4) is 0 Å². The molecule has 10 heteroatoms. The van der Waals surface area contributed by atoms with E-state index in [0.29, 0.717) is 6.42 Å². The van der Waals surface area contributed by atoms with E-state index >= 15 is 0 Å². The maximum atomic E-state index is 10.8. The van der Waals surface area contributed by atoms with Crippen molar-refractivity contribution in [2.45, 2.75) is 32.6 Å². The number of phosphoric ester groups is 1. The van der Waals surface area contributed by atoms with E-state index in [2.05, 4.69) is 8.83 Å². The molecule has 92 valence electrons. The van der Waals surface area contributed by atoms with Crippen LogP contribution in [0, 0.1) is 0 Å². The molecule has 0 saturated heterocycles. The van der Waals surface area contributed by atoms with Gasteiger partial charge in [0.25, 0.3) is 0 Å². The van der Waals surface area contributed by atoms with Crippen LogP contribution < -0.4 is 9.79 Å². The summed E-state index contributed by atoms with van der Waals surface area (Å²) in [6.45, 7) is 1.87. The van der Waals surface area contributed by atoms with Gasteiger partial charge in [0, 0.05) is 0 Å². The Labute approximate surface area is 107 Å². The predicted molar refractivity (Wildman–Crippen MR) is 48.6 cm³/mol. The maximum absolute atomic E-state index is 10.8. The number of hydrogen-bond donors (Lipinski definition) is 1. The summed E-state index contributed by atoms with van der Waals surface area (Å²) in [5.74, 6) is 0. The Morgan fingerprint density at radius 2 is 1.75 bits per heavy atom. The summed E-state index contributed by atoms with van der Waals surface area (Å²) in [5.41, 5.74) is 0. The maximum Gasteiger partial charge on any atom is 2.00 e. The Bertz CT molecular complexity index is 266. The summed E-state index contributed by atoms with van der Waals surface area (Å²) in [5, 5.41) is 0. The van der Waals surface area contributed by atoms with Crippen molar-refractivity contribution in [2.24, 2.45) is 0 Å². The molecule has 0 rings (SSSR count). The monoisotopic (exact) mass is 324 g/mol. The molecule has 0 radical (unpaired) electrons. The molecule has 1 N–H and O–H groups in total. The van der Waals surface area contributed by atoms with Crippen molar-refractivity contribution in [3.05, 3.63) is 0 Å². The van der Waals surface area contributed by atoms with Crippen LogP contribution in [0.4, 0.5) is 0 Å². The average molecular weight is 326 g/mol. The molecule has 0 aliphatic heterocycles. The van der Waals surface area contributed by atoms with Crippen LogP contribution in [0.2, 0.25) is 0 Å². The summed E-state index contributed by atoms with van der Waals surface area (Å²) < 4.78 is 28.5. The first-order valence-electron chi connectivity index (χ1n) is 4.47. The van der Waals surface area contributed by atoms with E-state index in [1.165, 1.54) is 0 Å². The Kier molecular flexibility index (Phi) is 10.7. The quantitative estimate of drug-likeness (QED) is 0.392. The van der Waals surface area contributed by atoms with Crippen LogP contribution in [-0.4, -0.2) is 11.5 Å². The van der Waals surface area contributed by atoms with Gasteiger partial charge in [-0.25, -0.2) is 4.57 Å². The van der Waals surface area contributed by atoms with E-state index in [-0.39, 0.29) is 26.1 Å². The van der Waals surface area contributed by atoms with E-state index in [0.717, 1.165) is 19.3 Å². The van der Waals surface area contributed by atoms with Crippen molar-refractivity contribution < 1.29 is 52.1 Å². The number of hydrogen-bond acceptors (Lipinski definition) is 6. The molecule has 0 spiro atoms. The van der Waals surface area contributed by atoms with Crippen LogP contribution in [-0.2, 0) is 37.4 Å². The van der Waals surface area contributed by atoms with E-state index in [4.69, 9.17) is 4.89 Å². The van der Waals surface area contributed by atoms with Crippen molar-refractivity contribution in [1.82, 2.24) is 0 Å². The fraction of sp³-hybridized carbons (Fsp3) is 1.00. The molecule has 1 atom stereocenters. The molecule has 16 heavy (non-hydrogen) atoms. The molecule has 0 heterocycles. The van der Waals surface area contributed by atoms with Crippen LogP contribution in [0.15, 0.2) is 0 Å². The molecule has 0 amide bonds. The third-order valence-electron chi connectivity index (χ3n) is 1.46. The van der Waals surface area contributed by atoms with Gasteiger partial charge in [0.1, 0.15) is 0 Å². The van der Waals surface area contributed by atoms with Crippen molar-refractivity contribution in [1.29, 1.82) is 0 Å². The zero-order valence-corrected chi connectivity index (χ0v) is 13.8. The predicted octanol–water partition coefficient (Wildman–Crippen LogP) is 0.526. The molecule has 0 aliphatic rings. The second-order valence-electron chi connectivity index (χ2n) is 2.89. The first-order chi connectivity index (χ1) is 6.77. The first-order valence-corrected chi connectivity index (χ1v) is 7.43. The third kappa shape index (κ3) is 13.0. The molecule has 0 fully saturated rings. The number of rotatable bonds is 8. The standard InChI is InChI=1S/C6H16O7P2.Zn/c1-2-3-4-5-6-12-15(10,11)13-14(7,8)9;/h2-6H2,1H3,(H,10,11)(H2,7,8,9);/q;+2/p-2. The van der Waals surface area contributed by atoms with Gasteiger partial charge in [0.05, 0.1) is 14.4 Å². The zero-order valence-electron chi connectivity index (χ0n) is 9.03. The van der Waals surface area contributed by atoms with Gasteiger partial charge in [-0.05, 0) is 6.42 Å². The van der Waals surface area contributed by atoms with Crippen LogP contribution in [0.1, 0.15) is 32.6 Å². The zero-order chi connectivity index (χ0) is 11.9. The minimum Gasteiger partial charge on any atom is -0.789 e. The molecule has 0 aromatic heterocycles. The average Bonchev–Trinajstić information content (AvgIpc) is 1.99. The van der Waals surface area contributed by atoms with E-state index in [1.54, 1.807) is 0 Å². The number of unbranched alkanes of at least 4 members (excludes halogenated alkanes) is 3. The van der Waals surface area contributed by atoms with E-state index in [9.17, 15) is 18.9 Å². The van der Waals surface area contributed by atoms with Crippen LogP contribution in [0.25, 0.3) is 0 Å². The summed E-state index contributed by atoms with van der Waals surface area (Å²) >= 11 is 0. The normalized spacial score (nSPS) is 15.2. The summed E-state index contributed by atoms with van der Waals surface area (Å²) in [4.78, 5) is 28.8. The van der Waals surface area contributed by atoms with Crippen LogP contribution >= 0.6 is 15.6 Å². The summed E-state index contributed by atoms with van der Waals surface area (Å²) in [7, 11) is -10.2. The van der Waals surface area contributed by atoms with E-state index < -0.39 is 15.6 Å². The Balaban J connectivity index is 0. The molecule has 0 saturated carbocycles.